The zero-order chi connectivity index (χ0) is 15.3. The van der Waals surface area contributed by atoms with Gasteiger partial charge < -0.3 is 4.57 Å². The second-order valence-electron chi connectivity index (χ2n) is 5.14. The molecule has 0 bridgehead atoms. The van der Waals surface area contributed by atoms with Gasteiger partial charge in [0.2, 0.25) is 0 Å². The van der Waals surface area contributed by atoms with Gasteiger partial charge in [0, 0.05) is 15.9 Å². The van der Waals surface area contributed by atoms with Crippen LogP contribution in [0.25, 0.3) is 6.08 Å². The van der Waals surface area contributed by atoms with Crippen molar-refractivity contribution in [3.63, 3.8) is 0 Å². The van der Waals surface area contributed by atoms with Gasteiger partial charge in [-0.25, -0.2) is 0 Å². The number of hydrogen-bond donors (Lipinski definition) is 0. The Balaban J connectivity index is 2.42. The first kappa shape index (κ1) is 16.3. The molecule has 0 aliphatic heterocycles. The van der Waals surface area contributed by atoms with Crippen molar-refractivity contribution in [3.05, 3.63) is 69.9 Å². The molecule has 0 aliphatic rings. The van der Waals surface area contributed by atoms with Crippen LogP contribution in [0.4, 0.5) is 0 Å². The van der Waals surface area contributed by atoms with Gasteiger partial charge in [-0.1, -0.05) is 71.4 Å². The Labute approximate surface area is 135 Å². The van der Waals surface area contributed by atoms with Crippen LogP contribution in [0.5, 0.6) is 0 Å². The summed E-state index contributed by atoms with van der Waals surface area (Å²) in [5.41, 5.74) is 2.16. The average Bonchev–Trinajstić information content (AvgIpc) is 2.47. The third-order valence-electron chi connectivity index (χ3n) is 3.48. The molecular weight excluding hydrogens is 343 g/mol. The first-order valence-corrected chi connectivity index (χ1v) is 9.91. The third-order valence-corrected chi connectivity index (χ3v) is 7.26. The lowest BCUT2D eigenvalue weighted by Gasteiger charge is -2.16. The Morgan fingerprint density at radius 1 is 1.10 bits per heavy atom. The van der Waals surface area contributed by atoms with Gasteiger partial charge in [-0.3, -0.25) is 0 Å². The maximum atomic E-state index is 13.4. The Morgan fingerprint density at radius 2 is 1.76 bits per heavy atom. The molecule has 0 heterocycles. The van der Waals surface area contributed by atoms with Crippen molar-refractivity contribution in [2.75, 3.05) is 6.16 Å². The SMILES string of the molecule is CCC[P@](=O)(/C=C/c1ccccc1Br)c1ccccc1C. The summed E-state index contributed by atoms with van der Waals surface area (Å²) in [5.74, 6) is 1.92. The number of rotatable bonds is 5. The maximum absolute atomic E-state index is 13.4. The van der Waals surface area contributed by atoms with Crippen molar-refractivity contribution in [2.45, 2.75) is 20.3 Å². The molecule has 0 N–H and O–H groups in total. The Hall–Kier alpha value is -1.11. The van der Waals surface area contributed by atoms with Crippen LogP contribution in [0.1, 0.15) is 24.5 Å². The van der Waals surface area contributed by atoms with E-state index in [1.54, 1.807) is 0 Å². The van der Waals surface area contributed by atoms with Crippen LogP contribution in [-0.2, 0) is 4.57 Å². The summed E-state index contributed by atoms with van der Waals surface area (Å²) in [6, 6.07) is 16.0. The van der Waals surface area contributed by atoms with Crippen LogP contribution in [0.3, 0.4) is 0 Å². The number of hydrogen-bond acceptors (Lipinski definition) is 1. The van der Waals surface area contributed by atoms with Crippen LogP contribution < -0.4 is 5.30 Å². The van der Waals surface area contributed by atoms with E-state index in [0.717, 1.165) is 27.3 Å². The molecule has 0 amide bonds. The summed E-state index contributed by atoms with van der Waals surface area (Å²) in [4.78, 5) is 0. The summed E-state index contributed by atoms with van der Waals surface area (Å²) in [7, 11) is -2.50. The van der Waals surface area contributed by atoms with Crippen molar-refractivity contribution in [3.8, 4) is 0 Å². The fourth-order valence-corrected chi connectivity index (χ4v) is 5.45. The highest BCUT2D eigenvalue weighted by Crippen LogP contribution is 2.48. The van der Waals surface area contributed by atoms with Gasteiger partial charge in [-0.15, -0.1) is 0 Å². The Kier molecular flexibility index (Phi) is 5.61. The molecule has 2 aromatic rings. The monoisotopic (exact) mass is 362 g/mol. The third kappa shape index (κ3) is 3.96. The lowest BCUT2D eigenvalue weighted by molar-refractivity contribution is 0.586. The van der Waals surface area contributed by atoms with Gasteiger partial charge in [0.15, 0.2) is 0 Å². The fraction of sp³-hybridized carbons (Fsp3) is 0.222. The predicted octanol–water partition coefficient (Wildman–Crippen LogP) is 5.83. The molecule has 3 heteroatoms. The lowest BCUT2D eigenvalue weighted by atomic mass is 10.2. The van der Waals surface area contributed by atoms with Crippen LogP contribution in [0.2, 0.25) is 0 Å². The second kappa shape index (κ2) is 7.24. The van der Waals surface area contributed by atoms with Crippen molar-refractivity contribution in [2.24, 2.45) is 0 Å². The molecule has 0 spiro atoms. The van der Waals surface area contributed by atoms with E-state index in [0.29, 0.717) is 6.16 Å². The van der Waals surface area contributed by atoms with Crippen LogP contribution in [0, 0.1) is 6.92 Å². The van der Waals surface area contributed by atoms with E-state index in [1.807, 2.05) is 67.3 Å². The molecule has 1 nitrogen and oxygen atoms in total. The van der Waals surface area contributed by atoms with E-state index in [4.69, 9.17) is 0 Å². The van der Waals surface area contributed by atoms with Crippen LogP contribution in [0.15, 0.2) is 58.8 Å². The zero-order valence-electron chi connectivity index (χ0n) is 12.4. The number of aryl methyl sites for hydroxylation is 1. The van der Waals surface area contributed by atoms with Crippen LogP contribution in [-0.4, -0.2) is 6.16 Å². The van der Waals surface area contributed by atoms with E-state index >= 15 is 0 Å². The minimum Gasteiger partial charge on any atom is -0.314 e. The Morgan fingerprint density at radius 3 is 2.43 bits per heavy atom. The zero-order valence-corrected chi connectivity index (χ0v) is 14.9. The Bertz CT molecular complexity index is 691. The fourth-order valence-electron chi connectivity index (χ4n) is 2.41. The van der Waals surface area contributed by atoms with Crippen molar-refractivity contribution < 1.29 is 4.57 Å². The molecular formula is C18H20BrOP. The predicted molar refractivity (Wildman–Crippen MR) is 96.8 cm³/mol. The summed E-state index contributed by atoms with van der Waals surface area (Å²) in [6.45, 7) is 4.11. The number of halogens is 1. The molecule has 0 unspecified atom stereocenters. The topological polar surface area (TPSA) is 17.1 Å². The molecule has 21 heavy (non-hydrogen) atoms. The summed E-state index contributed by atoms with van der Waals surface area (Å²) < 4.78 is 14.4. The molecule has 1 atom stereocenters. The van der Waals surface area contributed by atoms with Gasteiger partial charge in [0.25, 0.3) is 0 Å². The van der Waals surface area contributed by atoms with Gasteiger partial charge in [0.05, 0.1) is 0 Å². The van der Waals surface area contributed by atoms with E-state index in [1.165, 1.54) is 0 Å². The summed E-state index contributed by atoms with van der Waals surface area (Å²) >= 11 is 3.53. The van der Waals surface area contributed by atoms with E-state index in [-0.39, 0.29) is 0 Å². The largest absolute Gasteiger partial charge is 0.314 e. The molecule has 110 valence electrons. The molecule has 0 radical (unpaired) electrons. The highest BCUT2D eigenvalue weighted by atomic mass is 79.9. The summed E-state index contributed by atoms with van der Waals surface area (Å²) in [6.07, 6.45) is 3.59. The molecule has 0 saturated heterocycles. The van der Waals surface area contributed by atoms with Gasteiger partial charge in [-0.2, -0.15) is 0 Å². The van der Waals surface area contributed by atoms with Crippen LogP contribution >= 0.6 is 23.1 Å². The molecule has 0 aliphatic carbocycles. The second-order valence-corrected chi connectivity index (χ2v) is 8.82. The van der Waals surface area contributed by atoms with E-state index in [2.05, 4.69) is 22.9 Å². The first-order valence-electron chi connectivity index (χ1n) is 7.15. The van der Waals surface area contributed by atoms with Gasteiger partial charge in [0.1, 0.15) is 7.14 Å². The van der Waals surface area contributed by atoms with Gasteiger partial charge >= 0.3 is 0 Å². The quantitative estimate of drug-likeness (QED) is 0.611. The highest BCUT2D eigenvalue weighted by molar-refractivity contribution is 9.10. The van der Waals surface area contributed by atoms with Crippen molar-refractivity contribution >= 4 is 34.5 Å². The minimum atomic E-state index is -2.50. The van der Waals surface area contributed by atoms with Crippen molar-refractivity contribution in [1.82, 2.24) is 0 Å². The van der Waals surface area contributed by atoms with Gasteiger partial charge in [-0.05, 0) is 36.4 Å². The molecule has 2 aromatic carbocycles. The smallest absolute Gasteiger partial charge is 0.136 e. The lowest BCUT2D eigenvalue weighted by Crippen LogP contribution is -2.09. The first-order chi connectivity index (χ1) is 10.1. The molecule has 0 aromatic heterocycles. The minimum absolute atomic E-state index is 0.707. The number of benzene rings is 2. The van der Waals surface area contributed by atoms with E-state index in [9.17, 15) is 4.57 Å². The van der Waals surface area contributed by atoms with Crippen molar-refractivity contribution in [1.29, 1.82) is 0 Å². The normalized spacial score (nSPS) is 14.2. The highest BCUT2D eigenvalue weighted by Gasteiger charge is 2.21. The maximum Gasteiger partial charge on any atom is 0.136 e. The average molecular weight is 363 g/mol. The molecule has 0 saturated carbocycles. The molecule has 2 rings (SSSR count). The molecule has 0 fully saturated rings. The standard InChI is InChI=1S/C18H20BrOP/c1-3-13-21(20,18-11-7-4-8-15(18)2)14-12-16-9-5-6-10-17(16)19/h4-12,14H,3,13H2,1-2H3/b14-12+/t21-/m0/s1. The van der Waals surface area contributed by atoms with E-state index < -0.39 is 7.14 Å². The summed E-state index contributed by atoms with van der Waals surface area (Å²) in [5, 5.41) is 0.982.